The first-order chi connectivity index (χ1) is 9.26. The van der Waals surface area contributed by atoms with E-state index < -0.39 is 5.97 Å². The van der Waals surface area contributed by atoms with Crippen molar-refractivity contribution >= 4 is 18.0 Å². The Balaban J connectivity index is 2.59. The molecule has 0 radical (unpaired) electrons. The topological polar surface area (TPSA) is 79.5 Å². The Morgan fingerprint density at radius 1 is 1.45 bits per heavy atom. The average molecular weight is 279 g/mol. The SMILES string of the molecule is CC(C)(C)CC(CC(=O)O)NC(=O)/C=C/c1ccco1. The van der Waals surface area contributed by atoms with E-state index in [0.717, 1.165) is 0 Å². The Bertz CT molecular complexity index is 469. The maximum Gasteiger partial charge on any atom is 0.305 e. The molecule has 1 rings (SSSR count). The first-order valence-electron chi connectivity index (χ1n) is 6.50. The van der Waals surface area contributed by atoms with Crippen molar-refractivity contribution in [1.29, 1.82) is 0 Å². The minimum Gasteiger partial charge on any atom is -0.481 e. The van der Waals surface area contributed by atoms with E-state index in [-0.39, 0.29) is 23.8 Å². The third-order valence-electron chi connectivity index (χ3n) is 2.57. The molecule has 1 aromatic heterocycles. The highest BCUT2D eigenvalue weighted by molar-refractivity contribution is 5.91. The maximum absolute atomic E-state index is 11.8. The summed E-state index contributed by atoms with van der Waals surface area (Å²) in [5.41, 5.74) is -0.0574. The summed E-state index contributed by atoms with van der Waals surface area (Å²) in [5, 5.41) is 11.6. The number of carbonyl (C=O) groups is 2. The number of carbonyl (C=O) groups excluding carboxylic acids is 1. The largest absolute Gasteiger partial charge is 0.481 e. The number of nitrogens with one attached hydrogen (secondary N) is 1. The van der Waals surface area contributed by atoms with Crippen molar-refractivity contribution in [2.45, 2.75) is 39.7 Å². The van der Waals surface area contributed by atoms with Crippen LogP contribution in [-0.2, 0) is 9.59 Å². The van der Waals surface area contributed by atoms with Gasteiger partial charge in [0, 0.05) is 12.1 Å². The van der Waals surface area contributed by atoms with E-state index in [1.165, 1.54) is 12.3 Å². The smallest absolute Gasteiger partial charge is 0.305 e. The van der Waals surface area contributed by atoms with E-state index in [4.69, 9.17) is 9.52 Å². The van der Waals surface area contributed by atoms with Gasteiger partial charge >= 0.3 is 5.97 Å². The molecule has 5 nitrogen and oxygen atoms in total. The molecule has 20 heavy (non-hydrogen) atoms. The van der Waals surface area contributed by atoms with Crippen molar-refractivity contribution < 1.29 is 19.1 Å². The zero-order valence-corrected chi connectivity index (χ0v) is 12.1. The molecule has 0 spiro atoms. The van der Waals surface area contributed by atoms with E-state index in [9.17, 15) is 9.59 Å². The van der Waals surface area contributed by atoms with Crippen molar-refractivity contribution in [3.63, 3.8) is 0 Å². The van der Waals surface area contributed by atoms with Gasteiger partial charge in [0.1, 0.15) is 5.76 Å². The van der Waals surface area contributed by atoms with Crippen LogP contribution in [0.3, 0.4) is 0 Å². The number of hydrogen-bond donors (Lipinski definition) is 2. The standard InChI is InChI=1S/C15H21NO4/c1-15(2,3)10-11(9-14(18)19)16-13(17)7-6-12-5-4-8-20-12/h4-8,11H,9-10H2,1-3H3,(H,16,17)(H,18,19)/b7-6+. The van der Waals surface area contributed by atoms with Gasteiger partial charge in [0.2, 0.25) is 5.91 Å². The maximum atomic E-state index is 11.8. The van der Waals surface area contributed by atoms with Crippen LogP contribution in [0, 0.1) is 5.41 Å². The molecule has 0 fully saturated rings. The predicted octanol–water partition coefficient (Wildman–Crippen LogP) is 2.69. The van der Waals surface area contributed by atoms with Crippen molar-refractivity contribution in [2.24, 2.45) is 5.41 Å². The first-order valence-corrected chi connectivity index (χ1v) is 6.50. The normalized spacial score (nSPS) is 13.3. The van der Waals surface area contributed by atoms with Crippen LogP contribution in [0.4, 0.5) is 0 Å². The van der Waals surface area contributed by atoms with Gasteiger partial charge in [-0.3, -0.25) is 9.59 Å². The third-order valence-corrected chi connectivity index (χ3v) is 2.57. The summed E-state index contributed by atoms with van der Waals surface area (Å²) in [5.74, 6) is -0.669. The van der Waals surface area contributed by atoms with Gasteiger partial charge in [-0.05, 0) is 30.0 Å². The molecule has 1 aromatic rings. The summed E-state index contributed by atoms with van der Waals surface area (Å²) >= 11 is 0. The minimum atomic E-state index is -0.922. The highest BCUT2D eigenvalue weighted by atomic mass is 16.4. The van der Waals surface area contributed by atoms with E-state index >= 15 is 0 Å². The summed E-state index contributed by atoms with van der Waals surface area (Å²) < 4.78 is 5.07. The molecule has 0 bridgehead atoms. The molecule has 1 amide bonds. The van der Waals surface area contributed by atoms with Gasteiger partial charge in [-0.1, -0.05) is 20.8 Å². The Morgan fingerprint density at radius 3 is 2.65 bits per heavy atom. The molecule has 0 aliphatic carbocycles. The molecule has 0 saturated heterocycles. The number of furan rings is 1. The van der Waals surface area contributed by atoms with Gasteiger partial charge in [0.25, 0.3) is 0 Å². The van der Waals surface area contributed by atoms with Gasteiger partial charge in [-0.15, -0.1) is 0 Å². The zero-order valence-electron chi connectivity index (χ0n) is 12.1. The summed E-state index contributed by atoms with van der Waals surface area (Å²) in [6.07, 6.45) is 4.92. The van der Waals surface area contributed by atoms with Crippen LogP contribution in [0.15, 0.2) is 28.9 Å². The lowest BCUT2D eigenvalue weighted by molar-refractivity contribution is -0.137. The summed E-state index contributed by atoms with van der Waals surface area (Å²) in [4.78, 5) is 22.6. The molecule has 5 heteroatoms. The third kappa shape index (κ3) is 6.78. The predicted molar refractivity (Wildman–Crippen MR) is 76.0 cm³/mol. The second-order valence-electron chi connectivity index (χ2n) is 5.92. The van der Waals surface area contributed by atoms with Crippen LogP contribution in [-0.4, -0.2) is 23.0 Å². The lowest BCUT2D eigenvalue weighted by Crippen LogP contribution is -2.38. The summed E-state index contributed by atoms with van der Waals surface area (Å²) in [7, 11) is 0. The molecule has 0 aromatic carbocycles. The second kappa shape index (κ2) is 6.93. The Hall–Kier alpha value is -2.04. The quantitative estimate of drug-likeness (QED) is 0.785. The molecule has 1 heterocycles. The molecule has 0 aliphatic heterocycles. The van der Waals surface area contributed by atoms with Gasteiger partial charge in [0.05, 0.1) is 12.7 Å². The fourth-order valence-electron chi connectivity index (χ4n) is 1.92. The van der Waals surface area contributed by atoms with E-state index in [1.807, 2.05) is 20.8 Å². The summed E-state index contributed by atoms with van der Waals surface area (Å²) in [6.45, 7) is 6.02. The summed E-state index contributed by atoms with van der Waals surface area (Å²) in [6, 6.07) is 3.07. The molecular formula is C15H21NO4. The monoisotopic (exact) mass is 279 g/mol. The van der Waals surface area contributed by atoms with Crippen LogP contribution < -0.4 is 5.32 Å². The number of rotatable bonds is 6. The van der Waals surface area contributed by atoms with E-state index in [0.29, 0.717) is 12.2 Å². The average Bonchev–Trinajstić information content (AvgIpc) is 2.75. The lowest BCUT2D eigenvalue weighted by atomic mass is 9.87. The molecule has 110 valence electrons. The number of aliphatic carboxylic acids is 1. The van der Waals surface area contributed by atoms with Crippen LogP contribution in [0.25, 0.3) is 6.08 Å². The van der Waals surface area contributed by atoms with Crippen molar-refractivity contribution in [1.82, 2.24) is 5.32 Å². The Labute approximate surface area is 118 Å². The van der Waals surface area contributed by atoms with Crippen LogP contribution in [0.2, 0.25) is 0 Å². The van der Waals surface area contributed by atoms with Crippen molar-refractivity contribution in [3.8, 4) is 0 Å². The Morgan fingerprint density at radius 2 is 2.15 bits per heavy atom. The van der Waals surface area contributed by atoms with E-state index in [2.05, 4.69) is 5.32 Å². The van der Waals surface area contributed by atoms with E-state index in [1.54, 1.807) is 18.2 Å². The van der Waals surface area contributed by atoms with Crippen LogP contribution in [0.1, 0.15) is 39.4 Å². The molecule has 0 aliphatic rings. The highest BCUT2D eigenvalue weighted by Crippen LogP contribution is 2.22. The fourth-order valence-corrected chi connectivity index (χ4v) is 1.92. The van der Waals surface area contributed by atoms with Gasteiger partial charge in [-0.25, -0.2) is 0 Å². The molecule has 0 saturated carbocycles. The second-order valence-corrected chi connectivity index (χ2v) is 5.92. The van der Waals surface area contributed by atoms with Gasteiger partial charge in [-0.2, -0.15) is 0 Å². The van der Waals surface area contributed by atoms with Gasteiger partial charge in [0.15, 0.2) is 0 Å². The number of carboxylic acids is 1. The number of hydrogen-bond acceptors (Lipinski definition) is 3. The minimum absolute atomic E-state index is 0.0574. The molecule has 1 atom stereocenters. The lowest BCUT2D eigenvalue weighted by Gasteiger charge is -2.25. The highest BCUT2D eigenvalue weighted by Gasteiger charge is 2.22. The zero-order chi connectivity index (χ0) is 15.2. The molecular weight excluding hydrogens is 258 g/mol. The fraction of sp³-hybridized carbons (Fsp3) is 0.467. The molecule has 2 N–H and O–H groups in total. The van der Waals surface area contributed by atoms with Crippen LogP contribution in [0.5, 0.6) is 0 Å². The van der Waals surface area contributed by atoms with Crippen molar-refractivity contribution in [2.75, 3.05) is 0 Å². The van der Waals surface area contributed by atoms with Crippen molar-refractivity contribution in [3.05, 3.63) is 30.2 Å². The Kier molecular flexibility index (Phi) is 5.55. The van der Waals surface area contributed by atoms with Crippen LogP contribution >= 0.6 is 0 Å². The molecule has 1 unspecified atom stereocenters. The van der Waals surface area contributed by atoms with Gasteiger partial charge < -0.3 is 14.8 Å². The first kappa shape index (κ1) is 16.0. The number of amides is 1. The number of carboxylic acid groups (broad SMARTS) is 1.